The molecule has 1 amide bonds. The molecule has 2 aliphatic heterocycles. The minimum absolute atomic E-state index is 0.00618. The predicted octanol–water partition coefficient (Wildman–Crippen LogP) is 1.07. The number of amides is 1. The quantitative estimate of drug-likeness (QED) is 0.824. The smallest absolute Gasteiger partial charge is 0.251 e. The second-order valence-corrected chi connectivity index (χ2v) is 5.48. The molecule has 1 saturated heterocycles. The van der Waals surface area contributed by atoms with Crippen molar-refractivity contribution in [2.24, 2.45) is 0 Å². The summed E-state index contributed by atoms with van der Waals surface area (Å²) in [4.78, 5) is 14.5. The highest BCUT2D eigenvalue weighted by Crippen LogP contribution is 2.25. The van der Waals surface area contributed by atoms with Gasteiger partial charge in [-0.25, -0.2) is 0 Å². The van der Waals surface area contributed by atoms with Gasteiger partial charge in [0, 0.05) is 31.6 Å². The minimum atomic E-state index is 0.00618. The summed E-state index contributed by atoms with van der Waals surface area (Å²) in [5.41, 5.74) is 1.86. The number of benzene rings is 1. The van der Waals surface area contributed by atoms with Crippen LogP contribution in [0.1, 0.15) is 22.3 Å². The average Bonchev–Trinajstić information content (AvgIpc) is 3.00. The highest BCUT2D eigenvalue weighted by Gasteiger charge is 2.15. The van der Waals surface area contributed by atoms with E-state index in [4.69, 9.17) is 9.47 Å². The molecule has 0 aliphatic carbocycles. The lowest BCUT2D eigenvalue weighted by molar-refractivity contribution is 0.0374. The summed E-state index contributed by atoms with van der Waals surface area (Å²) in [6, 6.07) is 5.67. The van der Waals surface area contributed by atoms with E-state index in [0.717, 1.165) is 69.2 Å². The monoisotopic (exact) mass is 290 g/mol. The highest BCUT2D eigenvalue weighted by atomic mass is 16.5. The molecule has 0 unspecified atom stereocenters. The Balaban J connectivity index is 1.41. The van der Waals surface area contributed by atoms with Crippen molar-refractivity contribution >= 4 is 5.91 Å². The molecule has 0 spiro atoms. The van der Waals surface area contributed by atoms with E-state index in [0.29, 0.717) is 6.54 Å². The van der Waals surface area contributed by atoms with Gasteiger partial charge in [-0.15, -0.1) is 0 Å². The van der Waals surface area contributed by atoms with E-state index in [-0.39, 0.29) is 5.91 Å². The zero-order chi connectivity index (χ0) is 14.5. The molecule has 2 heterocycles. The van der Waals surface area contributed by atoms with E-state index in [2.05, 4.69) is 10.2 Å². The molecule has 1 N–H and O–H groups in total. The van der Waals surface area contributed by atoms with E-state index in [1.807, 2.05) is 18.2 Å². The number of ether oxygens (including phenoxy) is 2. The molecule has 2 aliphatic rings. The van der Waals surface area contributed by atoms with E-state index in [1.54, 1.807) is 0 Å². The highest BCUT2D eigenvalue weighted by molar-refractivity contribution is 5.94. The van der Waals surface area contributed by atoms with Gasteiger partial charge in [0.05, 0.1) is 19.8 Å². The number of carbonyl (C=O) groups excluding carboxylic acids is 1. The molecule has 0 atom stereocenters. The van der Waals surface area contributed by atoms with Gasteiger partial charge >= 0.3 is 0 Å². The van der Waals surface area contributed by atoms with E-state index in [9.17, 15) is 4.79 Å². The third kappa shape index (κ3) is 3.74. The Labute approximate surface area is 125 Å². The number of nitrogens with one attached hydrogen (secondary N) is 1. The van der Waals surface area contributed by atoms with Crippen LogP contribution >= 0.6 is 0 Å². The van der Waals surface area contributed by atoms with Gasteiger partial charge in [-0.3, -0.25) is 9.69 Å². The van der Waals surface area contributed by atoms with Gasteiger partial charge in [-0.1, -0.05) is 0 Å². The van der Waals surface area contributed by atoms with Crippen molar-refractivity contribution in [3.63, 3.8) is 0 Å². The molecule has 0 aromatic heterocycles. The lowest BCUT2D eigenvalue weighted by Crippen LogP contribution is -2.38. The number of carbonyl (C=O) groups is 1. The van der Waals surface area contributed by atoms with Crippen LogP contribution < -0.4 is 10.1 Å². The molecule has 114 valence electrons. The first kappa shape index (κ1) is 14.4. The first-order valence-electron chi connectivity index (χ1n) is 7.67. The number of hydrogen-bond donors (Lipinski definition) is 1. The molecule has 5 heteroatoms. The molecule has 21 heavy (non-hydrogen) atoms. The van der Waals surface area contributed by atoms with Crippen LogP contribution in [-0.2, 0) is 11.2 Å². The molecule has 1 aromatic carbocycles. The zero-order valence-corrected chi connectivity index (χ0v) is 12.3. The molecule has 0 bridgehead atoms. The third-order valence-corrected chi connectivity index (χ3v) is 3.99. The second kappa shape index (κ2) is 6.91. The molecular formula is C16H22N2O3. The SMILES string of the molecule is O=C(NCCCN1CCOCC1)c1ccc2c(c1)CCO2. The van der Waals surface area contributed by atoms with Crippen LogP contribution in [-0.4, -0.2) is 56.8 Å². The predicted molar refractivity (Wildman–Crippen MR) is 79.9 cm³/mol. The molecule has 5 nitrogen and oxygen atoms in total. The summed E-state index contributed by atoms with van der Waals surface area (Å²) in [5, 5.41) is 2.99. The maximum absolute atomic E-state index is 12.1. The zero-order valence-electron chi connectivity index (χ0n) is 12.3. The van der Waals surface area contributed by atoms with Gasteiger partial charge < -0.3 is 14.8 Å². The van der Waals surface area contributed by atoms with Crippen molar-refractivity contribution in [2.75, 3.05) is 46.0 Å². The van der Waals surface area contributed by atoms with Crippen molar-refractivity contribution in [3.8, 4) is 5.75 Å². The van der Waals surface area contributed by atoms with Crippen molar-refractivity contribution < 1.29 is 14.3 Å². The molecule has 3 rings (SSSR count). The van der Waals surface area contributed by atoms with E-state index in [1.165, 1.54) is 0 Å². The Kier molecular flexibility index (Phi) is 4.72. The molecule has 1 aromatic rings. The Morgan fingerprint density at radius 1 is 1.24 bits per heavy atom. The van der Waals surface area contributed by atoms with Gasteiger partial charge in [0.1, 0.15) is 5.75 Å². The number of hydrogen-bond acceptors (Lipinski definition) is 4. The van der Waals surface area contributed by atoms with Crippen molar-refractivity contribution in [2.45, 2.75) is 12.8 Å². The van der Waals surface area contributed by atoms with Crippen LogP contribution in [0.4, 0.5) is 0 Å². The van der Waals surface area contributed by atoms with Crippen molar-refractivity contribution in [1.29, 1.82) is 0 Å². The lowest BCUT2D eigenvalue weighted by Gasteiger charge is -2.26. The first-order chi connectivity index (χ1) is 10.3. The molecular weight excluding hydrogens is 268 g/mol. The Hall–Kier alpha value is -1.59. The van der Waals surface area contributed by atoms with Crippen LogP contribution in [0.15, 0.2) is 18.2 Å². The van der Waals surface area contributed by atoms with Crippen molar-refractivity contribution in [1.82, 2.24) is 10.2 Å². The summed E-state index contributed by atoms with van der Waals surface area (Å²) in [5.74, 6) is 0.922. The largest absolute Gasteiger partial charge is 0.493 e. The summed E-state index contributed by atoms with van der Waals surface area (Å²) in [6.07, 6.45) is 1.87. The molecule has 0 saturated carbocycles. The van der Waals surface area contributed by atoms with E-state index >= 15 is 0 Å². The maximum Gasteiger partial charge on any atom is 0.251 e. The first-order valence-corrected chi connectivity index (χ1v) is 7.67. The topological polar surface area (TPSA) is 50.8 Å². The third-order valence-electron chi connectivity index (χ3n) is 3.99. The lowest BCUT2D eigenvalue weighted by atomic mass is 10.1. The Morgan fingerprint density at radius 2 is 2.10 bits per heavy atom. The number of morpholine rings is 1. The van der Waals surface area contributed by atoms with Gasteiger partial charge in [0.25, 0.3) is 5.91 Å². The van der Waals surface area contributed by atoms with Gasteiger partial charge in [0.15, 0.2) is 0 Å². The van der Waals surface area contributed by atoms with Crippen molar-refractivity contribution in [3.05, 3.63) is 29.3 Å². The second-order valence-electron chi connectivity index (χ2n) is 5.48. The fraction of sp³-hybridized carbons (Fsp3) is 0.562. The van der Waals surface area contributed by atoms with Crippen LogP contribution in [0.5, 0.6) is 5.75 Å². The summed E-state index contributed by atoms with van der Waals surface area (Å²) in [7, 11) is 0. The average molecular weight is 290 g/mol. The summed E-state index contributed by atoms with van der Waals surface area (Å²) >= 11 is 0. The van der Waals surface area contributed by atoms with Gasteiger partial charge in [0.2, 0.25) is 0 Å². The number of nitrogens with zero attached hydrogens (tertiary/aromatic N) is 1. The minimum Gasteiger partial charge on any atom is -0.493 e. The van der Waals surface area contributed by atoms with Crippen LogP contribution in [0, 0.1) is 0 Å². The van der Waals surface area contributed by atoms with Gasteiger partial charge in [-0.2, -0.15) is 0 Å². The summed E-state index contributed by atoms with van der Waals surface area (Å²) < 4.78 is 10.8. The van der Waals surface area contributed by atoms with Crippen LogP contribution in [0.2, 0.25) is 0 Å². The van der Waals surface area contributed by atoms with Crippen LogP contribution in [0.3, 0.4) is 0 Å². The van der Waals surface area contributed by atoms with E-state index < -0.39 is 0 Å². The molecule has 1 fully saturated rings. The van der Waals surface area contributed by atoms with Crippen LogP contribution in [0.25, 0.3) is 0 Å². The Bertz CT molecular complexity index is 498. The number of rotatable bonds is 5. The van der Waals surface area contributed by atoms with Gasteiger partial charge in [-0.05, 0) is 36.7 Å². The fourth-order valence-corrected chi connectivity index (χ4v) is 2.76. The maximum atomic E-state index is 12.1. The number of fused-ring (bicyclic) bond motifs is 1. The summed E-state index contributed by atoms with van der Waals surface area (Å²) in [6.45, 7) is 6.09. The Morgan fingerprint density at radius 3 is 2.95 bits per heavy atom. The molecule has 0 radical (unpaired) electrons. The normalized spacial score (nSPS) is 18.1. The fourth-order valence-electron chi connectivity index (χ4n) is 2.76. The standard InChI is InChI=1S/C16H22N2O3/c19-16(14-2-3-15-13(12-14)4-9-21-15)17-5-1-6-18-7-10-20-11-8-18/h2-3,12H,1,4-11H2,(H,17,19).